The molecule has 0 N–H and O–H groups in total. The van der Waals surface area contributed by atoms with E-state index in [4.69, 9.17) is 0 Å². The summed E-state index contributed by atoms with van der Waals surface area (Å²) in [6.07, 6.45) is 2.37. The Morgan fingerprint density at radius 2 is 1.69 bits per heavy atom. The average molecular weight is 400 g/mol. The lowest BCUT2D eigenvalue weighted by molar-refractivity contribution is -0.116. The number of amidine groups is 1. The lowest BCUT2D eigenvalue weighted by atomic mass is 10.1. The molecule has 0 unspecified atom stereocenters. The van der Waals surface area contributed by atoms with E-state index in [1.165, 1.54) is 17.3 Å². The third-order valence-corrected chi connectivity index (χ3v) is 5.73. The van der Waals surface area contributed by atoms with E-state index >= 15 is 0 Å². The Balaban J connectivity index is 1.61. The van der Waals surface area contributed by atoms with Crippen LogP contribution in [-0.2, 0) is 11.2 Å². The molecule has 0 aromatic heterocycles. The number of carbonyl (C=O) groups is 1. The molecule has 1 fully saturated rings. The highest BCUT2D eigenvalue weighted by Crippen LogP contribution is 2.34. The molecule has 3 aromatic rings. The molecule has 144 valence electrons. The maximum atomic E-state index is 13.2. The summed E-state index contributed by atoms with van der Waals surface area (Å²) >= 11 is 1.47. The van der Waals surface area contributed by atoms with E-state index in [0.717, 1.165) is 16.8 Å². The first-order chi connectivity index (χ1) is 14.2. The maximum absolute atomic E-state index is 13.2. The smallest absolute Gasteiger partial charge is 0.247 e. The van der Waals surface area contributed by atoms with Gasteiger partial charge in [0.25, 0.3) is 0 Å². The Labute approximate surface area is 175 Å². The van der Waals surface area contributed by atoms with E-state index in [-0.39, 0.29) is 11.2 Å². The van der Waals surface area contributed by atoms with Crippen molar-refractivity contribution >= 4 is 34.7 Å². The van der Waals surface area contributed by atoms with Crippen LogP contribution in [0.2, 0.25) is 0 Å². The molecule has 4 rings (SSSR count). The summed E-state index contributed by atoms with van der Waals surface area (Å²) < 4.78 is 0. The molecule has 0 aliphatic carbocycles. The molecular weight excluding hydrogens is 378 g/mol. The van der Waals surface area contributed by atoms with Gasteiger partial charge in [-0.2, -0.15) is 5.10 Å². The molecule has 1 aliphatic heterocycles. The second-order valence-electron chi connectivity index (χ2n) is 6.85. The van der Waals surface area contributed by atoms with Gasteiger partial charge in [0.15, 0.2) is 5.17 Å². The highest BCUT2D eigenvalue weighted by atomic mass is 32.2. The summed E-state index contributed by atoms with van der Waals surface area (Å²) in [6.45, 7) is 2.06. The van der Waals surface area contributed by atoms with Crippen molar-refractivity contribution in [2.75, 3.05) is 4.90 Å². The summed E-state index contributed by atoms with van der Waals surface area (Å²) in [4.78, 5) is 14.9. The maximum Gasteiger partial charge on any atom is 0.247 e. The van der Waals surface area contributed by atoms with Crippen LogP contribution in [0.1, 0.15) is 16.7 Å². The first kappa shape index (κ1) is 19.2. The third kappa shape index (κ3) is 4.63. The Morgan fingerprint density at radius 3 is 2.41 bits per heavy atom. The normalized spacial score (nSPS) is 18.1. The van der Waals surface area contributed by atoms with Crippen LogP contribution >= 0.6 is 11.8 Å². The largest absolute Gasteiger partial charge is 0.273 e. The number of aryl methyl sites for hydroxylation is 1. The molecule has 5 heteroatoms. The highest BCUT2D eigenvalue weighted by Gasteiger charge is 2.39. The van der Waals surface area contributed by atoms with Gasteiger partial charge in [0, 0.05) is 0 Å². The fraction of sp³-hybridized carbons (Fsp3) is 0.125. The van der Waals surface area contributed by atoms with Crippen LogP contribution in [0.4, 0.5) is 5.69 Å². The van der Waals surface area contributed by atoms with Crippen LogP contribution < -0.4 is 4.90 Å². The third-order valence-electron chi connectivity index (χ3n) is 4.60. The number of hydrogen-bond donors (Lipinski definition) is 0. The lowest BCUT2D eigenvalue weighted by Crippen LogP contribution is -2.32. The molecule has 1 aliphatic rings. The zero-order valence-electron chi connectivity index (χ0n) is 16.1. The van der Waals surface area contributed by atoms with Gasteiger partial charge in [0.2, 0.25) is 5.91 Å². The number of para-hydroxylation sites is 1. The Hall–Kier alpha value is -3.18. The monoisotopic (exact) mass is 399 g/mol. The van der Waals surface area contributed by atoms with E-state index in [1.54, 1.807) is 11.1 Å². The van der Waals surface area contributed by atoms with Crippen LogP contribution in [0.3, 0.4) is 0 Å². The molecule has 4 nitrogen and oxygen atoms in total. The summed E-state index contributed by atoms with van der Waals surface area (Å²) in [7, 11) is 0. The van der Waals surface area contributed by atoms with E-state index < -0.39 is 0 Å². The van der Waals surface area contributed by atoms with Crippen molar-refractivity contribution in [3.05, 3.63) is 102 Å². The van der Waals surface area contributed by atoms with Crippen molar-refractivity contribution in [1.82, 2.24) is 0 Å². The van der Waals surface area contributed by atoms with Crippen molar-refractivity contribution in [2.24, 2.45) is 10.2 Å². The first-order valence-corrected chi connectivity index (χ1v) is 10.4. The minimum absolute atomic E-state index is 0.0383. The number of rotatable bonds is 5. The van der Waals surface area contributed by atoms with Crippen molar-refractivity contribution in [3.63, 3.8) is 0 Å². The molecule has 0 saturated carbocycles. The topological polar surface area (TPSA) is 45.0 Å². The van der Waals surface area contributed by atoms with E-state index in [9.17, 15) is 4.79 Å². The Bertz CT molecular complexity index is 1050. The second kappa shape index (κ2) is 8.88. The minimum Gasteiger partial charge on any atom is -0.273 e. The van der Waals surface area contributed by atoms with Gasteiger partial charge in [-0.1, -0.05) is 90.1 Å². The summed E-state index contributed by atoms with van der Waals surface area (Å²) in [5.41, 5.74) is 4.12. The van der Waals surface area contributed by atoms with Gasteiger partial charge in [0.1, 0.15) is 0 Å². The molecule has 0 spiro atoms. The molecule has 0 bridgehead atoms. The van der Waals surface area contributed by atoms with E-state index in [2.05, 4.69) is 35.3 Å². The van der Waals surface area contributed by atoms with Crippen molar-refractivity contribution in [3.8, 4) is 0 Å². The van der Waals surface area contributed by atoms with Crippen molar-refractivity contribution in [1.29, 1.82) is 0 Å². The van der Waals surface area contributed by atoms with E-state index in [0.29, 0.717) is 11.6 Å². The summed E-state index contributed by atoms with van der Waals surface area (Å²) in [6, 6.07) is 27.7. The summed E-state index contributed by atoms with van der Waals surface area (Å²) in [5, 5.41) is 9.01. The predicted octanol–water partition coefficient (Wildman–Crippen LogP) is 5.08. The number of nitrogens with zero attached hydrogens (tertiary/aromatic N) is 3. The van der Waals surface area contributed by atoms with Gasteiger partial charge in [-0.3, -0.25) is 9.69 Å². The zero-order valence-corrected chi connectivity index (χ0v) is 16.9. The Morgan fingerprint density at radius 1 is 0.966 bits per heavy atom. The number of amides is 1. The zero-order chi connectivity index (χ0) is 20.1. The molecule has 1 amide bonds. The standard InChI is InChI=1S/C24H21N3OS/c1-18-9-8-12-20(15-18)16-22-23(28)27(21-13-6-3-7-14-21)24(29-22)26-25-17-19-10-4-2-5-11-19/h2-15,17,22H,16H2,1H3/b25-17-,26-24+/t22-/m0/s1. The van der Waals surface area contributed by atoms with Crippen LogP contribution in [0.25, 0.3) is 0 Å². The molecule has 1 heterocycles. The van der Waals surface area contributed by atoms with Crippen molar-refractivity contribution < 1.29 is 4.79 Å². The minimum atomic E-state index is -0.220. The van der Waals surface area contributed by atoms with E-state index in [1.807, 2.05) is 66.7 Å². The van der Waals surface area contributed by atoms with Gasteiger partial charge < -0.3 is 0 Å². The van der Waals surface area contributed by atoms with Crippen LogP contribution in [0.5, 0.6) is 0 Å². The Kier molecular flexibility index (Phi) is 5.86. The quantitative estimate of drug-likeness (QED) is 0.444. The number of benzene rings is 3. The summed E-state index contributed by atoms with van der Waals surface area (Å²) in [5.74, 6) is 0.0383. The lowest BCUT2D eigenvalue weighted by Gasteiger charge is -2.15. The van der Waals surface area contributed by atoms with Crippen LogP contribution in [-0.4, -0.2) is 22.5 Å². The van der Waals surface area contributed by atoms with Gasteiger partial charge in [0.05, 0.1) is 17.2 Å². The number of anilines is 1. The average Bonchev–Trinajstić information content (AvgIpc) is 3.04. The molecule has 1 atom stereocenters. The highest BCUT2D eigenvalue weighted by molar-refractivity contribution is 8.16. The molecule has 1 saturated heterocycles. The van der Waals surface area contributed by atoms with Crippen LogP contribution in [0, 0.1) is 6.92 Å². The van der Waals surface area contributed by atoms with Crippen molar-refractivity contribution in [2.45, 2.75) is 18.6 Å². The molecular formula is C24H21N3OS. The fourth-order valence-electron chi connectivity index (χ4n) is 3.22. The SMILES string of the molecule is Cc1cccc(C[C@@H]2S/C(=N/N=C\c3ccccc3)N(c3ccccc3)C2=O)c1. The first-order valence-electron chi connectivity index (χ1n) is 9.48. The van der Waals surface area contributed by atoms with Gasteiger partial charge in [-0.25, -0.2) is 0 Å². The molecule has 29 heavy (non-hydrogen) atoms. The molecule has 0 radical (unpaired) electrons. The van der Waals surface area contributed by atoms with Gasteiger partial charge >= 0.3 is 0 Å². The fourth-order valence-corrected chi connectivity index (χ4v) is 4.35. The molecule has 3 aromatic carbocycles. The number of thioether (sulfide) groups is 1. The predicted molar refractivity (Wildman–Crippen MR) is 122 cm³/mol. The number of carbonyl (C=O) groups excluding carboxylic acids is 1. The van der Waals surface area contributed by atoms with Gasteiger partial charge in [-0.05, 0) is 36.6 Å². The van der Waals surface area contributed by atoms with Crippen LogP contribution in [0.15, 0.2) is 95.1 Å². The van der Waals surface area contributed by atoms with Gasteiger partial charge in [-0.15, -0.1) is 5.10 Å². The number of hydrogen-bond acceptors (Lipinski definition) is 4. The second-order valence-corrected chi connectivity index (χ2v) is 8.02.